The second-order valence-electron chi connectivity index (χ2n) is 4.95. The van der Waals surface area contributed by atoms with Gasteiger partial charge in [0, 0.05) is 10.9 Å². The summed E-state index contributed by atoms with van der Waals surface area (Å²) in [5.74, 6) is 0.463. The van der Waals surface area contributed by atoms with Gasteiger partial charge in [0.25, 0.3) is 0 Å². The molecule has 18 heavy (non-hydrogen) atoms. The molecule has 0 aliphatic heterocycles. The van der Waals surface area contributed by atoms with Gasteiger partial charge in [-0.1, -0.05) is 18.9 Å². The van der Waals surface area contributed by atoms with Gasteiger partial charge in [0.15, 0.2) is 0 Å². The monoisotopic (exact) mass is 267 g/mol. The first kappa shape index (κ1) is 13.6. The quantitative estimate of drug-likeness (QED) is 0.833. The smallest absolute Gasteiger partial charge is 0.322 e. The van der Waals surface area contributed by atoms with E-state index in [-0.39, 0.29) is 12.0 Å². The summed E-state index contributed by atoms with van der Waals surface area (Å²) in [7, 11) is 1.44. The third-order valence-electron chi connectivity index (χ3n) is 3.71. The average Bonchev–Trinajstić information content (AvgIpc) is 3.06. The van der Waals surface area contributed by atoms with Gasteiger partial charge < -0.3 is 4.74 Å². The second kappa shape index (κ2) is 6.34. The fraction of sp³-hybridized carbons (Fsp3) is 0.643. The molecule has 0 bridgehead atoms. The highest BCUT2D eigenvalue weighted by Crippen LogP contribution is 2.37. The van der Waals surface area contributed by atoms with Crippen LogP contribution in [0.15, 0.2) is 17.5 Å². The molecule has 0 radical (unpaired) electrons. The van der Waals surface area contributed by atoms with Crippen molar-refractivity contribution in [3.05, 3.63) is 22.4 Å². The number of rotatable bonds is 5. The molecule has 1 aromatic heterocycles. The van der Waals surface area contributed by atoms with E-state index in [1.807, 2.05) is 6.92 Å². The summed E-state index contributed by atoms with van der Waals surface area (Å²) in [6.45, 7) is 1.88. The number of hydrogen-bond donors (Lipinski definition) is 1. The molecule has 1 saturated carbocycles. The lowest BCUT2D eigenvalue weighted by Gasteiger charge is -2.26. The Bertz CT molecular complexity index is 371. The minimum atomic E-state index is -0.248. The van der Waals surface area contributed by atoms with Crippen LogP contribution in [0.1, 0.15) is 43.5 Å². The summed E-state index contributed by atoms with van der Waals surface area (Å²) in [6, 6.07) is 4.28. The normalized spacial score (nSPS) is 19.7. The topological polar surface area (TPSA) is 38.3 Å². The van der Waals surface area contributed by atoms with Gasteiger partial charge in [-0.3, -0.25) is 10.1 Å². The third-order valence-corrected chi connectivity index (χ3v) is 4.66. The van der Waals surface area contributed by atoms with E-state index >= 15 is 0 Å². The molecule has 1 aromatic rings. The summed E-state index contributed by atoms with van der Waals surface area (Å²) in [5, 5.41) is 5.55. The van der Waals surface area contributed by atoms with Crippen LogP contribution in [0, 0.1) is 5.92 Å². The zero-order chi connectivity index (χ0) is 13.0. The van der Waals surface area contributed by atoms with Crippen LogP contribution >= 0.6 is 11.3 Å². The highest BCUT2D eigenvalue weighted by Gasteiger charge is 2.29. The van der Waals surface area contributed by atoms with Gasteiger partial charge in [0.2, 0.25) is 0 Å². The van der Waals surface area contributed by atoms with Crippen LogP contribution < -0.4 is 5.32 Å². The van der Waals surface area contributed by atoms with Crippen molar-refractivity contribution in [3.8, 4) is 0 Å². The van der Waals surface area contributed by atoms with Gasteiger partial charge in [0.1, 0.15) is 6.04 Å². The Kier molecular flexibility index (Phi) is 4.78. The number of ether oxygens (including phenoxy) is 1. The lowest BCUT2D eigenvalue weighted by molar-refractivity contribution is -0.143. The minimum absolute atomic E-state index is 0.186. The van der Waals surface area contributed by atoms with Crippen molar-refractivity contribution < 1.29 is 9.53 Å². The van der Waals surface area contributed by atoms with Gasteiger partial charge in [-0.25, -0.2) is 0 Å². The van der Waals surface area contributed by atoms with E-state index in [0.29, 0.717) is 12.0 Å². The molecule has 0 saturated heterocycles. The molecule has 1 N–H and O–H groups in total. The number of methoxy groups -OCH3 is 1. The molecule has 0 spiro atoms. The third kappa shape index (κ3) is 3.12. The second-order valence-corrected chi connectivity index (χ2v) is 5.93. The number of carbonyl (C=O) groups is 1. The van der Waals surface area contributed by atoms with Gasteiger partial charge >= 0.3 is 5.97 Å². The number of carbonyl (C=O) groups excluding carboxylic acids is 1. The molecule has 0 aromatic carbocycles. The van der Waals surface area contributed by atoms with Crippen molar-refractivity contribution in [1.29, 1.82) is 0 Å². The largest absolute Gasteiger partial charge is 0.468 e. The van der Waals surface area contributed by atoms with E-state index in [4.69, 9.17) is 4.74 Å². The Morgan fingerprint density at radius 3 is 2.78 bits per heavy atom. The zero-order valence-electron chi connectivity index (χ0n) is 11.0. The fourth-order valence-electron chi connectivity index (χ4n) is 2.72. The van der Waals surface area contributed by atoms with Crippen molar-refractivity contribution in [2.75, 3.05) is 7.11 Å². The Morgan fingerprint density at radius 2 is 2.22 bits per heavy atom. The molecule has 2 rings (SSSR count). The molecule has 100 valence electrons. The van der Waals surface area contributed by atoms with E-state index in [2.05, 4.69) is 22.8 Å². The van der Waals surface area contributed by atoms with Crippen LogP contribution in [0.25, 0.3) is 0 Å². The molecule has 4 heteroatoms. The van der Waals surface area contributed by atoms with Crippen LogP contribution in [0.2, 0.25) is 0 Å². The first-order valence-electron chi connectivity index (χ1n) is 6.59. The van der Waals surface area contributed by atoms with E-state index in [0.717, 1.165) is 0 Å². The van der Waals surface area contributed by atoms with E-state index < -0.39 is 0 Å². The lowest BCUT2D eigenvalue weighted by atomic mass is 9.96. The molecule has 2 atom stereocenters. The predicted octanol–water partition coefficient (Wildman–Crippen LogP) is 3.13. The van der Waals surface area contributed by atoms with Crippen molar-refractivity contribution in [2.45, 2.75) is 44.7 Å². The lowest BCUT2D eigenvalue weighted by Crippen LogP contribution is -2.39. The van der Waals surface area contributed by atoms with Gasteiger partial charge in [-0.2, -0.15) is 0 Å². The predicted molar refractivity (Wildman–Crippen MR) is 73.6 cm³/mol. The Morgan fingerprint density at radius 1 is 1.50 bits per heavy atom. The number of thiophene rings is 1. The SMILES string of the molecule is COC(=O)[C@@H](C)NC(c1cccs1)C1CCCC1. The summed E-state index contributed by atoms with van der Waals surface area (Å²) >= 11 is 1.76. The maximum Gasteiger partial charge on any atom is 0.322 e. The summed E-state index contributed by atoms with van der Waals surface area (Å²) in [4.78, 5) is 12.9. The highest BCUT2D eigenvalue weighted by molar-refractivity contribution is 7.10. The van der Waals surface area contributed by atoms with Gasteiger partial charge in [0.05, 0.1) is 7.11 Å². The number of hydrogen-bond acceptors (Lipinski definition) is 4. The molecule has 3 nitrogen and oxygen atoms in total. The molecule has 1 aliphatic rings. The summed E-state index contributed by atoms with van der Waals surface area (Å²) < 4.78 is 4.79. The Hall–Kier alpha value is -0.870. The van der Waals surface area contributed by atoms with Crippen LogP contribution in [0.4, 0.5) is 0 Å². The van der Waals surface area contributed by atoms with Crippen LogP contribution in [-0.4, -0.2) is 19.1 Å². The van der Waals surface area contributed by atoms with Crippen LogP contribution in [0.3, 0.4) is 0 Å². The van der Waals surface area contributed by atoms with Crippen LogP contribution in [-0.2, 0) is 9.53 Å². The maximum absolute atomic E-state index is 11.6. The molecule has 0 amide bonds. The summed E-state index contributed by atoms with van der Waals surface area (Å²) in [5.41, 5.74) is 0. The molecular weight excluding hydrogens is 246 g/mol. The van der Waals surface area contributed by atoms with E-state index in [1.165, 1.54) is 37.7 Å². The van der Waals surface area contributed by atoms with Crippen molar-refractivity contribution in [2.24, 2.45) is 5.92 Å². The van der Waals surface area contributed by atoms with E-state index in [9.17, 15) is 4.79 Å². The maximum atomic E-state index is 11.6. The molecular formula is C14H21NO2S. The van der Waals surface area contributed by atoms with Crippen molar-refractivity contribution in [1.82, 2.24) is 5.32 Å². The molecule has 1 aliphatic carbocycles. The standard InChI is InChI=1S/C14H21NO2S/c1-10(14(16)17-2)15-13(11-6-3-4-7-11)12-8-5-9-18-12/h5,8-11,13,15H,3-4,6-7H2,1-2H3/t10-,13?/m1/s1. The fourth-order valence-corrected chi connectivity index (χ4v) is 3.60. The molecule has 1 unspecified atom stereocenters. The van der Waals surface area contributed by atoms with Crippen LogP contribution in [0.5, 0.6) is 0 Å². The first-order valence-corrected chi connectivity index (χ1v) is 7.47. The first-order chi connectivity index (χ1) is 8.72. The molecule has 1 heterocycles. The van der Waals surface area contributed by atoms with E-state index in [1.54, 1.807) is 11.3 Å². The average molecular weight is 267 g/mol. The minimum Gasteiger partial charge on any atom is -0.468 e. The van der Waals surface area contributed by atoms with Crippen molar-refractivity contribution >= 4 is 17.3 Å². The number of nitrogens with one attached hydrogen (secondary N) is 1. The zero-order valence-corrected chi connectivity index (χ0v) is 11.8. The van der Waals surface area contributed by atoms with Crippen molar-refractivity contribution in [3.63, 3.8) is 0 Å². The molecule has 1 fully saturated rings. The number of esters is 1. The van der Waals surface area contributed by atoms with Gasteiger partial charge in [-0.05, 0) is 37.1 Å². The Labute approximate surface area is 113 Å². The van der Waals surface area contributed by atoms with Gasteiger partial charge in [-0.15, -0.1) is 11.3 Å². The summed E-state index contributed by atoms with van der Waals surface area (Å²) in [6.07, 6.45) is 5.12. The Balaban J connectivity index is 2.07. The highest BCUT2D eigenvalue weighted by atomic mass is 32.1.